The molecule has 0 radical (unpaired) electrons. The number of benzene rings is 2. The molecule has 0 saturated heterocycles. The highest BCUT2D eigenvalue weighted by atomic mass is 35.5. The first kappa shape index (κ1) is 16.5. The quantitative estimate of drug-likeness (QED) is 0.364. The summed E-state index contributed by atoms with van der Waals surface area (Å²) < 4.78 is 3.05. The summed E-state index contributed by atoms with van der Waals surface area (Å²) in [6.45, 7) is 0. The van der Waals surface area contributed by atoms with Gasteiger partial charge in [0.05, 0.1) is 15.4 Å². The Hall–Kier alpha value is -1.92. The predicted octanol–water partition coefficient (Wildman–Crippen LogP) is 6.72. The van der Waals surface area contributed by atoms with Crippen LogP contribution in [0.15, 0.2) is 54.7 Å². The maximum absolute atomic E-state index is 6.20. The second-order valence-corrected chi connectivity index (χ2v) is 7.14. The van der Waals surface area contributed by atoms with E-state index in [1.165, 1.54) is 0 Å². The molecule has 0 aliphatic heterocycles. The van der Waals surface area contributed by atoms with Crippen molar-refractivity contribution in [1.29, 1.82) is 0 Å². The minimum Gasteiger partial charge on any atom is -0.323 e. The van der Waals surface area contributed by atoms with Crippen molar-refractivity contribution in [1.82, 2.24) is 14.5 Å². The fraction of sp³-hybridized carbons (Fsp3) is 0. The molecule has 0 unspecified atom stereocenters. The van der Waals surface area contributed by atoms with Gasteiger partial charge in [-0.25, -0.2) is 0 Å². The lowest BCUT2D eigenvalue weighted by Gasteiger charge is -2.06. The summed E-state index contributed by atoms with van der Waals surface area (Å²) in [5.41, 5.74) is 3.75. The van der Waals surface area contributed by atoms with Gasteiger partial charge in [0.15, 0.2) is 4.77 Å². The molecule has 4 rings (SSSR count). The van der Waals surface area contributed by atoms with Gasteiger partial charge in [-0.15, -0.1) is 0 Å². The lowest BCUT2D eigenvalue weighted by Crippen LogP contribution is -1.95. The van der Waals surface area contributed by atoms with E-state index >= 15 is 0 Å². The standard InChI is InChI=1S/C18H11Cl2N3S2/c19-13-7-6-11(8-14(13)20)23-9-12(10-4-2-1-3-5-10)15-16(23)21-18(25)22-17(15)24/h1-9H,(H2,21,22,24,25). The Labute approximate surface area is 163 Å². The summed E-state index contributed by atoms with van der Waals surface area (Å²) in [6, 6.07) is 15.6. The molecule has 25 heavy (non-hydrogen) atoms. The highest BCUT2D eigenvalue weighted by molar-refractivity contribution is 7.72. The molecular weight excluding hydrogens is 393 g/mol. The van der Waals surface area contributed by atoms with Gasteiger partial charge < -0.3 is 14.5 Å². The normalized spacial score (nSPS) is 11.1. The van der Waals surface area contributed by atoms with Crippen LogP contribution in [0.1, 0.15) is 0 Å². The van der Waals surface area contributed by atoms with Gasteiger partial charge in [-0.2, -0.15) is 0 Å². The SMILES string of the molecule is S=c1[nH]c(=S)c2c(-c3ccccc3)cn(-c3ccc(Cl)c(Cl)c3)c2[nH]1. The van der Waals surface area contributed by atoms with Gasteiger partial charge in [-0.05, 0) is 36.0 Å². The average molecular weight is 404 g/mol. The third-order valence-corrected chi connectivity index (χ3v) is 5.21. The van der Waals surface area contributed by atoms with Crippen molar-refractivity contribution in [3.8, 4) is 16.8 Å². The van der Waals surface area contributed by atoms with Crippen LogP contribution in [-0.2, 0) is 0 Å². The Morgan fingerprint density at radius 2 is 1.64 bits per heavy atom. The van der Waals surface area contributed by atoms with Gasteiger partial charge >= 0.3 is 0 Å². The van der Waals surface area contributed by atoms with Crippen LogP contribution in [-0.4, -0.2) is 14.5 Å². The second kappa shape index (κ2) is 6.42. The van der Waals surface area contributed by atoms with E-state index in [2.05, 4.69) is 9.97 Å². The fourth-order valence-electron chi connectivity index (χ4n) is 2.84. The topological polar surface area (TPSA) is 36.5 Å². The summed E-state index contributed by atoms with van der Waals surface area (Å²) in [4.78, 5) is 6.22. The highest BCUT2D eigenvalue weighted by Crippen LogP contribution is 2.33. The Bertz CT molecular complexity index is 1210. The smallest absolute Gasteiger partial charge is 0.177 e. The molecular formula is C18H11Cl2N3S2. The molecule has 2 aromatic carbocycles. The van der Waals surface area contributed by atoms with Crippen LogP contribution in [0.3, 0.4) is 0 Å². The summed E-state index contributed by atoms with van der Waals surface area (Å²) >= 11 is 23.1. The molecule has 0 fully saturated rings. The molecule has 124 valence electrons. The zero-order valence-corrected chi connectivity index (χ0v) is 15.9. The number of rotatable bonds is 2. The molecule has 2 aromatic heterocycles. The van der Waals surface area contributed by atoms with Crippen molar-refractivity contribution in [3.05, 3.63) is 74.2 Å². The third-order valence-electron chi connectivity index (χ3n) is 3.96. The summed E-state index contributed by atoms with van der Waals surface area (Å²) in [7, 11) is 0. The Balaban J connectivity index is 2.10. The molecule has 0 atom stereocenters. The van der Waals surface area contributed by atoms with E-state index in [9.17, 15) is 0 Å². The zero-order valence-electron chi connectivity index (χ0n) is 12.7. The van der Waals surface area contributed by atoms with Crippen LogP contribution in [0.2, 0.25) is 10.0 Å². The van der Waals surface area contributed by atoms with E-state index in [4.69, 9.17) is 47.6 Å². The lowest BCUT2D eigenvalue weighted by atomic mass is 10.1. The zero-order chi connectivity index (χ0) is 17.6. The number of fused-ring (bicyclic) bond motifs is 1. The maximum Gasteiger partial charge on any atom is 0.177 e. The largest absolute Gasteiger partial charge is 0.323 e. The van der Waals surface area contributed by atoms with Crippen molar-refractivity contribution in [2.24, 2.45) is 0 Å². The van der Waals surface area contributed by atoms with Crippen LogP contribution in [0.5, 0.6) is 0 Å². The minimum atomic E-state index is 0.469. The first-order valence-electron chi connectivity index (χ1n) is 7.43. The van der Waals surface area contributed by atoms with Gasteiger partial charge in [-0.3, -0.25) is 0 Å². The van der Waals surface area contributed by atoms with E-state index in [0.29, 0.717) is 19.5 Å². The van der Waals surface area contributed by atoms with Crippen molar-refractivity contribution < 1.29 is 0 Å². The summed E-state index contributed by atoms with van der Waals surface area (Å²) in [5.74, 6) is 0. The Kier molecular flexibility index (Phi) is 4.25. The molecule has 0 aliphatic rings. The maximum atomic E-state index is 6.20. The number of nitrogens with one attached hydrogen (secondary N) is 2. The number of aromatic amines is 2. The van der Waals surface area contributed by atoms with E-state index in [1.54, 1.807) is 6.07 Å². The molecule has 3 nitrogen and oxygen atoms in total. The van der Waals surface area contributed by atoms with Gasteiger partial charge in [0.25, 0.3) is 0 Å². The molecule has 0 saturated carbocycles. The molecule has 0 amide bonds. The molecule has 0 spiro atoms. The fourth-order valence-corrected chi connectivity index (χ4v) is 3.70. The van der Waals surface area contributed by atoms with E-state index in [-0.39, 0.29) is 0 Å². The number of hydrogen-bond acceptors (Lipinski definition) is 2. The van der Waals surface area contributed by atoms with E-state index in [1.807, 2.05) is 53.2 Å². The number of aromatic nitrogens is 3. The van der Waals surface area contributed by atoms with Crippen molar-refractivity contribution >= 4 is 58.7 Å². The lowest BCUT2D eigenvalue weighted by molar-refractivity contribution is 1.06. The highest BCUT2D eigenvalue weighted by Gasteiger charge is 2.14. The number of hydrogen-bond donors (Lipinski definition) is 2. The van der Waals surface area contributed by atoms with E-state index < -0.39 is 0 Å². The van der Waals surface area contributed by atoms with E-state index in [0.717, 1.165) is 27.8 Å². The molecule has 7 heteroatoms. The van der Waals surface area contributed by atoms with Gasteiger partial charge in [0.1, 0.15) is 10.3 Å². The van der Waals surface area contributed by atoms with Gasteiger partial charge in [0.2, 0.25) is 0 Å². The van der Waals surface area contributed by atoms with Crippen molar-refractivity contribution in [3.63, 3.8) is 0 Å². The van der Waals surface area contributed by atoms with Crippen molar-refractivity contribution in [2.45, 2.75) is 0 Å². The molecule has 0 aliphatic carbocycles. The van der Waals surface area contributed by atoms with Crippen LogP contribution in [0.4, 0.5) is 0 Å². The third kappa shape index (κ3) is 2.93. The molecule has 2 N–H and O–H groups in total. The molecule has 0 bridgehead atoms. The second-order valence-electron chi connectivity index (χ2n) is 5.51. The minimum absolute atomic E-state index is 0.469. The van der Waals surface area contributed by atoms with Crippen LogP contribution < -0.4 is 0 Å². The van der Waals surface area contributed by atoms with Crippen LogP contribution >= 0.6 is 47.6 Å². The average Bonchev–Trinajstić information content (AvgIpc) is 2.98. The van der Waals surface area contributed by atoms with Gasteiger partial charge in [0, 0.05) is 17.4 Å². The Morgan fingerprint density at radius 1 is 0.880 bits per heavy atom. The van der Waals surface area contributed by atoms with Crippen molar-refractivity contribution in [2.75, 3.05) is 0 Å². The number of halogens is 2. The van der Waals surface area contributed by atoms with Crippen LogP contribution in [0, 0.1) is 9.41 Å². The first-order valence-corrected chi connectivity index (χ1v) is 9.00. The first-order chi connectivity index (χ1) is 12.0. The van der Waals surface area contributed by atoms with Gasteiger partial charge in [-0.1, -0.05) is 65.8 Å². The summed E-state index contributed by atoms with van der Waals surface area (Å²) in [5, 5.41) is 1.90. The number of nitrogens with zero attached hydrogens (tertiary/aromatic N) is 1. The Morgan fingerprint density at radius 3 is 2.36 bits per heavy atom. The monoisotopic (exact) mass is 403 g/mol. The van der Waals surface area contributed by atoms with Crippen LogP contribution in [0.25, 0.3) is 27.8 Å². The predicted molar refractivity (Wildman–Crippen MR) is 109 cm³/mol. The molecule has 2 heterocycles. The number of H-pyrrole nitrogens is 2. The summed E-state index contributed by atoms with van der Waals surface area (Å²) in [6.07, 6.45) is 2.02. The molecule has 4 aromatic rings.